The van der Waals surface area contributed by atoms with Crippen molar-refractivity contribution >= 4 is 67.0 Å². The molecule has 1 aliphatic heterocycles. The minimum Gasteiger partial charge on any atom is -0.456 e. The molecule has 4 nitrogen and oxygen atoms in total. The molecule has 0 saturated heterocycles. The summed E-state index contributed by atoms with van der Waals surface area (Å²) in [5, 5.41) is 9.31. The van der Waals surface area contributed by atoms with E-state index < -0.39 is 0 Å². The maximum atomic E-state index is 6.33. The first-order chi connectivity index (χ1) is 21.3. The van der Waals surface area contributed by atoms with E-state index in [4.69, 9.17) is 8.83 Å². The van der Waals surface area contributed by atoms with Crippen molar-refractivity contribution in [2.24, 2.45) is 0 Å². The van der Waals surface area contributed by atoms with Crippen molar-refractivity contribution in [3.63, 3.8) is 0 Å². The summed E-state index contributed by atoms with van der Waals surface area (Å²) in [7, 11) is 0. The fraction of sp³-hybridized carbons (Fsp3) is 0.0256. The first-order valence-corrected chi connectivity index (χ1v) is 14.6. The number of hydrogen-bond acceptors (Lipinski definition) is 4. The van der Waals surface area contributed by atoms with Gasteiger partial charge in [-0.05, 0) is 64.4 Å². The highest BCUT2D eigenvalue weighted by Gasteiger charge is 2.26. The van der Waals surface area contributed by atoms with Gasteiger partial charge in [0.15, 0.2) is 0 Å². The van der Waals surface area contributed by atoms with Gasteiger partial charge in [0.05, 0.1) is 17.6 Å². The largest absolute Gasteiger partial charge is 0.456 e. The number of nitrogens with zero attached hydrogens (tertiary/aromatic N) is 1. The third-order valence-corrected chi connectivity index (χ3v) is 8.50. The molecule has 6 aromatic carbocycles. The number of anilines is 3. The van der Waals surface area contributed by atoms with E-state index in [-0.39, 0.29) is 0 Å². The van der Waals surface area contributed by atoms with Crippen LogP contribution in [0.4, 0.5) is 17.3 Å². The van der Waals surface area contributed by atoms with Crippen LogP contribution < -0.4 is 10.2 Å². The van der Waals surface area contributed by atoms with Crippen molar-refractivity contribution in [1.82, 2.24) is 0 Å². The lowest BCUT2D eigenvalue weighted by molar-refractivity contribution is 0.627. The zero-order chi connectivity index (χ0) is 28.3. The lowest BCUT2D eigenvalue weighted by atomic mass is 10.0. The van der Waals surface area contributed by atoms with Crippen molar-refractivity contribution in [2.75, 3.05) is 16.8 Å². The van der Waals surface area contributed by atoms with Crippen LogP contribution in [0.1, 0.15) is 5.56 Å². The van der Waals surface area contributed by atoms with E-state index >= 15 is 0 Å². The molecule has 0 amide bonds. The van der Waals surface area contributed by atoms with Gasteiger partial charge in [-0.15, -0.1) is 0 Å². The van der Waals surface area contributed by atoms with Crippen LogP contribution in [0.2, 0.25) is 0 Å². The second kappa shape index (κ2) is 9.40. The molecular formula is C39H26N2O2. The predicted octanol–water partition coefficient (Wildman–Crippen LogP) is 10.8. The van der Waals surface area contributed by atoms with E-state index in [0.717, 1.165) is 61.4 Å². The Bertz CT molecular complexity index is 2340. The molecule has 204 valence electrons. The third-order valence-electron chi connectivity index (χ3n) is 8.50. The number of rotatable bonds is 4. The van der Waals surface area contributed by atoms with E-state index in [1.54, 1.807) is 0 Å². The van der Waals surface area contributed by atoms with Gasteiger partial charge in [0.1, 0.15) is 16.7 Å². The summed E-state index contributed by atoms with van der Waals surface area (Å²) in [6.45, 7) is 0.608. The minimum atomic E-state index is 0.608. The van der Waals surface area contributed by atoms with E-state index in [1.807, 2.05) is 12.1 Å². The fourth-order valence-corrected chi connectivity index (χ4v) is 6.53. The molecule has 0 radical (unpaired) electrons. The summed E-state index contributed by atoms with van der Waals surface area (Å²) < 4.78 is 12.6. The Morgan fingerprint density at radius 2 is 1.26 bits per heavy atom. The quantitative estimate of drug-likeness (QED) is 0.235. The third kappa shape index (κ3) is 3.77. The first kappa shape index (κ1) is 23.9. The highest BCUT2D eigenvalue weighted by molar-refractivity contribution is 6.14. The van der Waals surface area contributed by atoms with Crippen molar-refractivity contribution in [3.8, 4) is 11.1 Å². The molecule has 1 N–H and O–H groups in total. The summed E-state index contributed by atoms with van der Waals surface area (Å²) in [6, 6.07) is 46.6. The molecule has 0 aliphatic carbocycles. The zero-order valence-corrected chi connectivity index (χ0v) is 23.2. The lowest BCUT2D eigenvalue weighted by Gasteiger charge is -2.30. The van der Waals surface area contributed by atoms with E-state index in [1.165, 1.54) is 21.9 Å². The van der Waals surface area contributed by atoms with Crippen LogP contribution in [0.15, 0.2) is 148 Å². The number of para-hydroxylation sites is 1. The Labute approximate surface area is 248 Å². The van der Waals surface area contributed by atoms with Crippen LogP contribution in [-0.4, -0.2) is 6.54 Å². The van der Waals surface area contributed by atoms with Crippen molar-refractivity contribution < 1.29 is 8.83 Å². The normalized spacial score (nSPS) is 12.9. The van der Waals surface area contributed by atoms with Gasteiger partial charge < -0.3 is 19.1 Å². The smallest absolute Gasteiger partial charge is 0.201 e. The summed E-state index contributed by atoms with van der Waals surface area (Å²) in [5.41, 5.74) is 9.36. The summed E-state index contributed by atoms with van der Waals surface area (Å²) in [4.78, 5) is 2.36. The van der Waals surface area contributed by atoms with Gasteiger partial charge in [-0.3, -0.25) is 0 Å². The summed E-state index contributed by atoms with van der Waals surface area (Å²) >= 11 is 0. The van der Waals surface area contributed by atoms with Crippen LogP contribution in [-0.2, 0) is 0 Å². The van der Waals surface area contributed by atoms with Gasteiger partial charge in [-0.25, -0.2) is 0 Å². The molecular weight excluding hydrogens is 528 g/mol. The average molecular weight is 555 g/mol. The Morgan fingerprint density at radius 1 is 0.535 bits per heavy atom. The molecule has 2 aromatic heterocycles. The van der Waals surface area contributed by atoms with Crippen molar-refractivity contribution in [3.05, 3.63) is 145 Å². The molecule has 0 bridgehead atoms. The molecule has 8 aromatic rings. The van der Waals surface area contributed by atoms with Gasteiger partial charge in [0.25, 0.3) is 0 Å². The maximum absolute atomic E-state index is 6.33. The van der Waals surface area contributed by atoms with Crippen molar-refractivity contribution in [2.45, 2.75) is 0 Å². The molecule has 4 heteroatoms. The SMILES string of the molecule is C1=C(N(c2ccc(-c3ccccc3)cc2)c2cccc3oc4ccccc4c23)CNc2oc3ccc4ccccc4c3c21. The Hall–Kier alpha value is -5.74. The highest BCUT2D eigenvalue weighted by Crippen LogP contribution is 2.44. The van der Waals surface area contributed by atoms with Crippen LogP contribution >= 0.6 is 0 Å². The summed E-state index contributed by atoms with van der Waals surface area (Å²) in [5.74, 6) is 0.807. The molecule has 0 saturated carbocycles. The standard InChI is InChI=1S/C39H26N2O2/c1-2-9-25(10-3-1)26-17-20-28(21-18-26)41(33-14-8-16-35-38(33)31-13-6-7-15-34(31)42-35)29-23-32-37-30-12-5-4-11-27(30)19-22-36(37)43-39(32)40-24-29/h1-23,40H,24H2. The fourth-order valence-electron chi connectivity index (χ4n) is 6.53. The Kier molecular flexibility index (Phi) is 5.23. The Morgan fingerprint density at radius 3 is 2.14 bits per heavy atom. The van der Waals surface area contributed by atoms with E-state index in [9.17, 15) is 0 Å². The second-order valence-electron chi connectivity index (χ2n) is 11.0. The molecule has 0 fully saturated rings. The monoisotopic (exact) mass is 554 g/mol. The zero-order valence-electron chi connectivity index (χ0n) is 23.2. The van der Waals surface area contributed by atoms with Crippen LogP contribution in [0.3, 0.4) is 0 Å². The first-order valence-electron chi connectivity index (χ1n) is 14.6. The molecule has 0 spiro atoms. The molecule has 43 heavy (non-hydrogen) atoms. The molecule has 0 unspecified atom stereocenters. The average Bonchev–Trinajstić information content (AvgIpc) is 3.64. The highest BCUT2D eigenvalue weighted by atomic mass is 16.4. The maximum Gasteiger partial charge on any atom is 0.201 e. The van der Waals surface area contributed by atoms with Gasteiger partial charge in [0.2, 0.25) is 5.88 Å². The number of furan rings is 2. The molecule has 3 heterocycles. The van der Waals surface area contributed by atoms with Crippen LogP contribution in [0.5, 0.6) is 0 Å². The van der Waals surface area contributed by atoms with E-state index in [2.05, 4.69) is 138 Å². The molecule has 9 rings (SSSR count). The van der Waals surface area contributed by atoms with Gasteiger partial charge in [-0.2, -0.15) is 0 Å². The number of hydrogen-bond donors (Lipinski definition) is 1. The van der Waals surface area contributed by atoms with Gasteiger partial charge in [-0.1, -0.05) is 97.1 Å². The molecule has 1 aliphatic rings. The number of benzene rings is 6. The second-order valence-corrected chi connectivity index (χ2v) is 11.0. The minimum absolute atomic E-state index is 0.608. The lowest BCUT2D eigenvalue weighted by Crippen LogP contribution is -2.24. The van der Waals surface area contributed by atoms with E-state index in [0.29, 0.717) is 6.54 Å². The number of fused-ring (bicyclic) bond motifs is 8. The topological polar surface area (TPSA) is 41.6 Å². The van der Waals surface area contributed by atoms with Crippen molar-refractivity contribution in [1.29, 1.82) is 0 Å². The van der Waals surface area contributed by atoms with Gasteiger partial charge >= 0.3 is 0 Å². The van der Waals surface area contributed by atoms with Crippen LogP contribution in [0.25, 0.3) is 60.9 Å². The Balaban J connectivity index is 1.28. The predicted molar refractivity (Wildman–Crippen MR) is 178 cm³/mol. The van der Waals surface area contributed by atoms with Gasteiger partial charge in [0, 0.05) is 27.7 Å². The summed E-state index contributed by atoms with van der Waals surface area (Å²) in [6.07, 6.45) is 2.29. The van der Waals surface area contributed by atoms with Crippen LogP contribution in [0, 0.1) is 0 Å². The molecule has 0 atom stereocenters. The number of nitrogens with one attached hydrogen (secondary N) is 1.